The molecule has 0 aromatic heterocycles. The third kappa shape index (κ3) is 4.89. The maximum atomic E-state index is 3.72. The van der Waals surface area contributed by atoms with E-state index < -0.39 is 0 Å². The van der Waals surface area contributed by atoms with Crippen LogP contribution in [0.3, 0.4) is 0 Å². The molecule has 0 aliphatic heterocycles. The molecule has 0 heterocycles. The van der Waals surface area contributed by atoms with E-state index in [0.29, 0.717) is 6.04 Å². The fraction of sp³-hybridized carbons (Fsp3) is 0.667. The average molecular weight is 259 g/mol. The number of hydrogen-bond donors (Lipinski definition) is 1. The van der Waals surface area contributed by atoms with E-state index in [1.165, 1.54) is 62.6 Å². The first-order valence-electron chi connectivity index (χ1n) is 8.13. The lowest BCUT2D eigenvalue weighted by Gasteiger charge is -2.18. The van der Waals surface area contributed by atoms with Gasteiger partial charge in [-0.25, -0.2) is 0 Å². The minimum Gasteiger partial charge on any atom is -0.382 e. The van der Waals surface area contributed by atoms with Crippen LogP contribution in [0.15, 0.2) is 24.3 Å². The number of anilines is 1. The molecule has 0 bridgehead atoms. The summed E-state index contributed by atoms with van der Waals surface area (Å²) in [6, 6.07) is 9.79. The molecule has 0 spiro atoms. The average Bonchev–Trinajstić information content (AvgIpc) is 2.63. The maximum Gasteiger partial charge on any atom is 0.0342 e. The number of rotatable bonds is 5. The Morgan fingerprint density at radius 2 is 1.84 bits per heavy atom. The number of unbranched alkanes of at least 4 members (excludes halogenated alkanes) is 1. The highest BCUT2D eigenvalue weighted by Gasteiger charge is 2.15. The van der Waals surface area contributed by atoms with Gasteiger partial charge in [0.15, 0.2) is 0 Å². The van der Waals surface area contributed by atoms with Gasteiger partial charge in [-0.05, 0) is 55.7 Å². The van der Waals surface area contributed by atoms with E-state index >= 15 is 0 Å². The smallest absolute Gasteiger partial charge is 0.0342 e. The number of benzene rings is 1. The van der Waals surface area contributed by atoms with Gasteiger partial charge in [-0.2, -0.15) is 0 Å². The van der Waals surface area contributed by atoms with Crippen LogP contribution in [0.4, 0.5) is 5.69 Å². The quantitative estimate of drug-likeness (QED) is 0.697. The molecule has 1 nitrogen and oxygen atoms in total. The number of aryl methyl sites for hydroxylation is 1. The van der Waals surface area contributed by atoms with E-state index in [4.69, 9.17) is 0 Å². The topological polar surface area (TPSA) is 12.0 Å². The summed E-state index contributed by atoms with van der Waals surface area (Å²) < 4.78 is 0. The van der Waals surface area contributed by atoms with Gasteiger partial charge in [0.1, 0.15) is 0 Å². The normalized spacial score (nSPS) is 23.9. The first-order valence-corrected chi connectivity index (χ1v) is 8.13. The minimum absolute atomic E-state index is 0.687. The van der Waals surface area contributed by atoms with Gasteiger partial charge in [0.25, 0.3) is 0 Å². The van der Waals surface area contributed by atoms with E-state index in [2.05, 4.69) is 43.4 Å². The van der Waals surface area contributed by atoms with Crippen LogP contribution in [0.1, 0.15) is 64.4 Å². The zero-order valence-corrected chi connectivity index (χ0v) is 12.6. The Labute approximate surface area is 118 Å². The fourth-order valence-corrected chi connectivity index (χ4v) is 3.02. The van der Waals surface area contributed by atoms with Gasteiger partial charge in [0.05, 0.1) is 0 Å². The molecule has 1 saturated carbocycles. The zero-order valence-electron chi connectivity index (χ0n) is 12.6. The van der Waals surface area contributed by atoms with Gasteiger partial charge < -0.3 is 5.32 Å². The van der Waals surface area contributed by atoms with Gasteiger partial charge in [0.2, 0.25) is 0 Å². The van der Waals surface area contributed by atoms with Crippen LogP contribution < -0.4 is 5.32 Å². The predicted octanol–water partition coefficient (Wildman–Crippen LogP) is 5.41. The van der Waals surface area contributed by atoms with Crippen molar-refractivity contribution in [3.05, 3.63) is 29.8 Å². The van der Waals surface area contributed by atoms with Crippen molar-refractivity contribution in [2.24, 2.45) is 5.92 Å². The Hall–Kier alpha value is -0.980. The molecule has 1 aliphatic rings. The van der Waals surface area contributed by atoms with Gasteiger partial charge in [-0.15, -0.1) is 0 Å². The number of hydrogen-bond acceptors (Lipinski definition) is 1. The van der Waals surface area contributed by atoms with Crippen molar-refractivity contribution in [2.75, 3.05) is 5.32 Å². The summed E-state index contributed by atoms with van der Waals surface area (Å²) in [6.07, 6.45) is 10.6. The summed E-state index contributed by atoms with van der Waals surface area (Å²) in [5, 5.41) is 3.72. The van der Waals surface area contributed by atoms with Gasteiger partial charge in [-0.3, -0.25) is 0 Å². The first-order chi connectivity index (χ1) is 9.28. The maximum absolute atomic E-state index is 3.72. The van der Waals surface area contributed by atoms with Crippen molar-refractivity contribution in [3.8, 4) is 0 Å². The lowest BCUT2D eigenvalue weighted by Crippen LogP contribution is -2.18. The van der Waals surface area contributed by atoms with E-state index in [0.717, 1.165) is 5.92 Å². The summed E-state index contributed by atoms with van der Waals surface area (Å²) in [5.41, 5.74) is 2.78. The second kappa shape index (κ2) is 7.57. The molecule has 0 saturated heterocycles. The van der Waals surface area contributed by atoms with E-state index in [-0.39, 0.29) is 0 Å². The second-order valence-electron chi connectivity index (χ2n) is 6.26. The van der Waals surface area contributed by atoms with Crippen molar-refractivity contribution in [1.82, 2.24) is 0 Å². The Morgan fingerprint density at radius 1 is 1.05 bits per heavy atom. The van der Waals surface area contributed by atoms with Crippen molar-refractivity contribution in [2.45, 2.75) is 71.3 Å². The van der Waals surface area contributed by atoms with Crippen LogP contribution in [0.2, 0.25) is 0 Å². The Balaban J connectivity index is 1.84. The molecule has 1 fully saturated rings. The van der Waals surface area contributed by atoms with Crippen molar-refractivity contribution >= 4 is 5.69 Å². The summed E-state index contributed by atoms with van der Waals surface area (Å²) in [6.45, 7) is 4.65. The summed E-state index contributed by atoms with van der Waals surface area (Å²) >= 11 is 0. The molecule has 106 valence electrons. The predicted molar refractivity (Wildman–Crippen MR) is 84.7 cm³/mol. The van der Waals surface area contributed by atoms with Crippen LogP contribution >= 0.6 is 0 Å². The third-order valence-electron chi connectivity index (χ3n) is 4.40. The Kier molecular flexibility index (Phi) is 5.75. The largest absolute Gasteiger partial charge is 0.382 e. The van der Waals surface area contributed by atoms with Crippen LogP contribution in [-0.4, -0.2) is 6.04 Å². The van der Waals surface area contributed by atoms with Crippen molar-refractivity contribution in [1.29, 1.82) is 0 Å². The first kappa shape index (κ1) is 14.4. The van der Waals surface area contributed by atoms with Gasteiger partial charge >= 0.3 is 0 Å². The molecule has 2 unspecified atom stereocenters. The number of nitrogens with one attached hydrogen (secondary N) is 1. The van der Waals surface area contributed by atoms with Crippen LogP contribution in [-0.2, 0) is 6.42 Å². The van der Waals surface area contributed by atoms with Gasteiger partial charge in [-0.1, -0.05) is 45.2 Å². The Bertz CT molecular complexity index is 354. The monoisotopic (exact) mass is 259 g/mol. The highest BCUT2D eigenvalue weighted by Crippen LogP contribution is 2.25. The summed E-state index contributed by atoms with van der Waals surface area (Å²) in [7, 11) is 0. The lowest BCUT2D eigenvalue weighted by atomic mass is 10.0. The lowest BCUT2D eigenvalue weighted by molar-refractivity contribution is 0.502. The van der Waals surface area contributed by atoms with Crippen LogP contribution in [0.25, 0.3) is 0 Å². The zero-order chi connectivity index (χ0) is 13.5. The minimum atomic E-state index is 0.687. The van der Waals surface area contributed by atoms with E-state index in [9.17, 15) is 0 Å². The molecule has 1 aromatic carbocycles. The molecule has 2 rings (SSSR count). The molecule has 1 aromatic rings. The van der Waals surface area contributed by atoms with Crippen molar-refractivity contribution in [3.63, 3.8) is 0 Å². The van der Waals surface area contributed by atoms with Gasteiger partial charge in [0, 0.05) is 11.7 Å². The molecule has 2 atom stereocenters. The van der Waals surface area contributed by atoms with Crippen LogP contribution in [0, 0.1) is 5.92 Å². The molecule has 1 heteroatoms. The summed E-state index contributed by atoms with van der Waals surface area (Å²) in [5.74, 6) is 0.920. The fourth-order valence-electron chi connectivity index (χ4n) is 3.02. The highest BCUT2D eigenvalue weighted by atomic mass is 14.9. The Morgan fingerprint density at radius 3 is 2.58 bits per heavy atom. The van der Waals surface area contributed by atoms with E-state index in [1.54, 1.807) is 0 Å². The second-order valence-corrected chi connectivity index (χ2v) is 6.26. The SMILES string of the molecule is CCCCc1ccc(NC2CCCC(C)CC2)cc1. The molecule has 0 radical (unpaired) electrons. The molecular weight excluding hydrogens is 230 g/mol. The highest BCUT2D eigenvalue weighted by molar-refractivity contribution is 5.45. The van der Waals surface area contributed by atoms with Crippen LogP contribution in [0.5, 0.6) is 0 Å². The molecule has 1 aliphatic carbocycles. The molecule has 0 amide bonds. The van der Waals surface area contributed by atoms with E-state index in [1.807, 2.05) is 0 Å². The van der Waals surface area contributed by atoms with Crippen molar-refractivity contribution < 1.29 is 0 Å². The molecule has 19 heavy (non-hydrogen) atoms. The molecular formula is C18H29N. The third-order valence-corrected chi connectivity index (χ3v) is 4.40. The standard InChI is InChI=1S/C18H29N/c1-3-4-7-16-10-13-18(14-11-16)19-17-8-5-6-15(2)9-12-17/h10-11,13-15,17,19H,3-9,12H2,1-2H3. The molecule has 1 N–H and O–H groups in total. The summed E-state index contributed by atoms with van der Waals surface area (Å²) in [4.78, 5) is 0.